The van der Waals surface area contributed by atoms with E-state index in [1.807, 2.05) is 18.2 Å². The fraction of sp³-hybridized carbons (Fsp3) is 0.400. The predicted octanol–water partition coefficient (Wildman–Crippen LogP) is 3.56. The van der Waals surface area contributed by atoms with Crippen molar-refractivity contribution >= 4 is 17.7 Å². The number of furan rings is 1. The molecule has 0 aliphatic carbocycles. The molecule has 0 spiro atoms. The maximum absolute atomic E-state index is 5.77. The summed E-state index contributed by atoms with van der Waals surface area (Å²) in [4.78, 5) is 0. The van der Waals surface area contributed by atoms with E-state index in [0.717, 1.165) is 5.76 Å². The molecule has 1 aromatic rings. The number of rotatable bonds is 3. The average molecular weight is 185 g/mol. The van der Waals surface area contributed by atoms with E-state index in [1.54, 1.807) is 6.26 Å². The highest BCUT2D eigenvalue weighted by atomic mass is 35.5. The van der Waals surface area contributed by atoms with Crippen LogP contribution in [0, 0.1) is 5.92 Å². The predicted molar refractivity (Wildman–Crippen MR) is 52.2 cm³/mol. The Morgan fingerprint density at radius 3 is 2.83 bits per heavy atom. The van der Waals surface area contributed by atoms with Crippen LogP contribution in [0.3, 0.4) is 0 Å². The average Bonchev–Trinajstić information content (AvgIpc) is 2.51. The second kappa shape index (κ2) is 4.36. The highest BCUT2D eigenvalue weighted by Crippen LogP contribution is 2.16. The molecule has 0 fully saturated rings. The molecule has 0 aromatic carbocycles. The summed E-state index contributed by atoms with van der Waals surface area (Å²) in [5.74, 6) is 1.92. The molecule has 0 bridgehead atoms. The van der Waals surface area contributed by atoms with E-state index in [-0.39, 0.29) is 0 Å². The first-order valence-corrected chi connectivity index (χ1v) is 4.57. The van der Waals surface area contributed by atoms with Gasteiger partial charge in [-0.25, -0.2) is 0 Å². The zero-order valence-corrected chi connectivity index (χ0v) is 8.14. The second-order valence-electron chi connectivity index (χ2n) is 3.02. The van der Waals surface area contributed by atoms with Crippen LogP contribution in [0.4, 0.5) is 0 Å². The molecule has 0 unspecified atom stereocenters. The summed E-state index contributed by atoms with van der Waals surface area (Å²) in [5, 5.41) is 0. The Morgan fingerprint density at radius 2 is 2.42 bits per heavy atom. The molecule has 0 N–H and O–H groups in total. The normalized spacial score (nSPS) is 12.5. The van der Waals surface area contributed by atoms with Crippen molar-refractivity contribution in [1.29, 1.82) is 0 Å². The highest BCUT2D eigenvalue weighted by Gasteiger charge is 2.02. The molecule has 2 heteroatoms. The third-order valence-corrected chi connectivity index (χ3v) is 2.08. The largest absolute Gasteiger partial charge is 0.465 e. The van der Waals surface area contributed by atoms with Crippen molar-refractivity contribution in [3.8, 4) is 0 Å². The van der Waals surface area contributed by atoms with Crippen LogP contribution >= 0.6 is 11.6 Å². The van der Waals surface area contributed by atoms with Crippen molar-refractivity contribution in [3.05, 3.63) is 29.7 Å². The quantitative estimate of drug-likeness (QED) is 0.655. The van der Waals surface area contributed by atoms with E-state index in [9.17, 15) is 0 Å². The lowest BCUT2D eigenvalue weighted by Gasteiger charge is -2.05. The fourth-order valence-corrected chi connectivity index (χ4v) is 1.30. The molecule has 66 valence electrons. The van der Waals surface area contributed by atoms with Gasteiger partial charge >= 0.3 is 0 Å². The van der Waals surface area contributed by atoms with Gasteiger partial charge in [-0.1, -0.05) is 13.8 Å². The molecular formula is C10H13ClO. The minimum absolute atomic E-state index is 0.479. The Balaban J connectivity index is 2.78. The van der Waals surface area contributed by atoms with Crippen molar-refractivity contribution in [2.24, 2.45) is 5.92 Å². The fourth-order valence-electron chi connectivity index (χ4n) is 0.916. The monoisotopic (exact) mass is 184 g/mol. The van der Waals surface area contributed by atoms with Gasteiger partial charge < -0.3 is 4.42 Å². The van der Waals surface area contributed by atoms with Crippen LogP contribution in [0.5, 0.6) is 0 Å². The van der Waals surface area contributed by atoms with Crippen LogP contribution in [0.2, 0.25) is 0 Å². The van der Waals surface area contributed by atoms with E-state index in [1.165, 1.54) is 5.57 Å². The van der Waals surface area contributed by atoms with Crippen molar-refractivity contribution in [2.75, 3.05) is 5.88 Å². The summed E-state index contributed by atoms with van der Waals surface area (Å²) in [6.45, 7) is 4.24. The van der Waals surface area contributed by atoms with Gasteiger partial charge in [-0.3, -0.25) is 0 Å². The van der Waals surface area contributed by atoms with Crippen LogP contribution < -0.4 is 0 Å². The van der Waals surface area contributed by atoms with Crippen LogP contribution in [0.1, 0.15) is 19.6 Å². The number of hydrogen-bond acceptors (Lipinski definition) is 1. The lowest BCUT2D eigenvalue weighted by atomic mass is 10.0. The zero-order chi connectivity index (χ0) is 8.97. The smallest absolute Gasteiger partial charge is 0.126 e. The van der Waals surface area contributed by atoms with Gasteiger partial charge in [-0.2, -0.15) is 0 Å². The molecule has 1 nitrogen and oxygen atoms in total. The van der Waals surface area contributed by atoms with Crippen molar-refractivity contribution < 1.29 is 4.42 Å². The van der Waals surface area contributed by atoms with Gasteiger partial charge in [0, 0.05) is 5.88 Å². The first-order chi connectivity index (χ1) is 5.74. The topological polar surface area (TPSA) is 13.1 Å². The van der Waals surface area contributed by atoms with Crippen molar-refractivity contribution in [1.82, 2.24) is 0 Å². The van der Waals surface area contributed by atoms with Gasteiger partial charge in [0.15, 0.2) is 0 Å². The number of hydrogen-bond donors (Lipinski definition) is 0. The minimum Gasteiger partial charge on any atom is -0.465 e. The summed E-state index contributed by atoms with van der Waals surface area (Å²) < 4.78 is 5.18. The summed E-state index contributed by atoms with van der Waals surface area (Å²) >= 11 is 5.77. The van der Waals surface area contributed by atoms with E-state index in [2.05, 4.69) is 13.8 Å². The maximum Gasteiger partial charge on any atom is 0.126 e. The van der Waals surface area contributed by atoms with Crippen LogP contribution in [-0.4, -0.2) is 5.88 Å². The van der Waals surface area contributed by atoms with E-state index < -0.39 is 0 Å². The lowest BCUT2D eigenvalue weighted by molar-refractivity contribution is 0.555. The first-order valence-electron chi connectivity index (χ1n) is 4.04. The standard InChI is InChI=1S/C10H13ClO/c1-8(2)9(7-11)6-10-4-3-5-12-10/h3-6,8H,7H2,1-2H3/b9-6+. The summed E-state index contributed by atoms with van der Waals surface area (Å²) in [6.07, 6.45) is 3.66. The van der Waals surface area contributed by atoms with Crippen molar-refractivity contribution in [2.45, 2.75) is 13.8 Å². The van der Waals surface area contributed by atoms with Crippen LogP contribution in [-0.2, 0) is 0 Å². The number of allylic oxidation sites excluding steroid dienone is 1. The SMILES string of the molecule is CC(C)/C(=C/c1ccco1)CCl. The molecular weight excluding hydrogens is 172 g/mol. The number of alkyl halides is 1. The lowest BCUT2D eigenvalue weighted by Crippen LogP contribution is -1.94. The molecule has 0 radical (unpaired) electrons. The third-order valence-electron chi connectivity index (χ3n) is 1.77. The van der Waals surface area contributed by atoms with Gasteiger partial charge in [-0.15, -0.1) is 11.6 Å². The van der Waals surface area contributed by atoms with E-state index in [4.69, 9.17) is 16.0 Å². The molecule has 0 amide bonds. The molecule has 0 saturated carbocycles. The van der Waals surface area contributed by atoms with Crippen LogP contribution in [0.15, 0.2) is 28.4 Å². The van der Waals surface area contributed by atoms with Gasteiger partial charge in [0.2, 0.25) is 0 Å². The number of halogens is 1. The summed E-state index contributed by atoms with van der Waals surface area (Å²) in [6, 6.07) is 3.80. The molecule has 0 atom stereocenters. The summed E-state index contributed by atoms with van der Waals surface area (Å²) in [7, 11) is 0. The van der Waals surface area contributed by atoms with Gasteiger partial charge in [0.25, 0.3) is 0 Å². The molecule has 1 aromatic heterocycles. The molecule has 0 aliphatic heterocycles. The molecule has 12 heavy (non-hydrogen) atoms. The first kappa shape index (κ1) is 9.40. The van der Waals surface area contributed by atoms with Gasteiger partial charge in [0.1, 0.15) is 5.76 Å². The Kier molecular flexibility index (Phi) is 3.42. The minimum atomic E-state index is 0.479. The molecule has 0 saturated heterocycles. The molecule has 1 rings (SSSR count). The van der Waals surface area contributed by atoms with E-state index in [0.29, 0.717) is 11.8 Å². The Labute approximate surface area is 78.0 Å². The Morgan fingerprint density at radius 1 is 1.67 bits per heavy atom. The van der Waals surface area contributed by atoms with Crippen molar-refractivity contribution in [3.63, 3.8) is 0 Å². The Bertz CT molecular complexity index is 247. The Hall–Kier alpha value is -0.690. The van der Waals surface area contributed by atoms with Gasteiger partial charge in [0.05, 0.1) is 6.26 Å². The second-order valence-corrected chi connectivity index (χ2v) is 3.29. The summed E-state index contributed by atoms with van der Waals surface area (Å²) in [5.41, 5.74) is 1.20. The molecule has 0 aliphatic rings. The van der Waals surface area contributed by atoms with Gasteiger partial charge in [-0.05, 0) is 29.7 Å². The highest BCUT2D eigenvalue weighted by molar-refractivity contribution is 6.19. The maximum atomic E-state index is 5.77. The third kappa shape index (κ3) is 2.42. The van der Waals surface area contributed by atoms with Crippen LogP contribution in [0.25, 0.3) is 6.08 Å². The zero-order valence-electron chi connectivity index (χ0n) is 7.38. The molecule has 1 heterocycles. The van der Waals surface area contributed by atoms with E-state index >= 15 is 0 Å².